The first kappa shape index (κ1) is 14.8. The Balaban J connectivity index is 2.55. The molecule has 0 radical (unpaired) electrons. The van der Waals surface area contributed by atoms with Crippen molar-refractivity contribution < 1.29 is 18.3 Å². The molecule has 0 saturated carbocycles. The second kappa shape index (κ2) is 5.42. The van der Waals surface area contributed by atoms with Crippen LogP contribution < -0.4 is 0 Å². The number of hydrogen-bond donors (Lipinski definition) is 1. The van der Waals surface area contributed by atoms with E-state index in [0.717, 1.165) is 18.5 Å². The van der Waals surface area contributed by atoms with E-state index < -0.39 is 17.8 Å². The SMILES string of the molecule is Cc1c(Cl)cccc1C(O)c1cnccc1C(F)(F)F. The van der Waals surface area contributed by atoms with E-state index in [2.05, 4.69) is 4.98 Å². The number of benzene rings is 1. The van der Waals surface area contributed by atoms with E-state index >= 15 is 0 Å². The van der Waals surface area contributed by atoms with Crippen molar-refractivity contribution in [2.24, 2.45) is 0 Å². The third kappa shape index (κ3) is 2.78. The van der Waals surface area contributed by atoms with Crippen LogP contribution in [0.3, 0.4) is 0 Å². The maximum Gasteiger partial charge on any atom is 0.416 e. The van der Waals surface area contributed by atoms with Gasteiger partial charge < -0.3 is 5.11 Å². The average Bonchev–Trinajstić information content (AvgIpc) is 2.40. The summed E-state index contributed by atoms with van der Waals surface area (Å²) >= 11 is 5.93. The topological polar surface area (TPSA) is 33.1 Å². The van der Waals surface area contributed by atoms with E-state index in [1.54, 1.807) is 25.1 Å². The van der Waals surface area contributed by atoms with Crippen molar-refractivity contribution in [2.75, 3.05) is 0 Å². The van der Waals surface area contributed by atoms with E-state index in [1.807, 2.05) is 0 Å². The second-order valence-corrected chi connectivity index (χ2v) is 4.72. The second-order valence-electron chi connectivity index (χ2n) is 4.32. The van der Waals surface area contributed by atoms with Gasteiger partial charge in [0.2, 0.25) is 0 Å². The van der Waals surface area contributed by atoms with E-state index in [9.17, 15) is 18.3 Å². The number of aromatic nitrogens is 1. The van der Waals surface area contributed by atoms with Gasteiger partial charge in [-0.05, 0) is 30.2 Å². The normalized spacial score (nSPS) is 13.3. The number of rotatable bonds is 2. The minimum absolute atomic E-state index is 0.287. The van der Waals surface area contributed by atoms with Gasteiger partial charge in [-0.2, -0.15) is 13.2 Å². The lowest BCUT2D eigenvalue weighted by Crippen LogP contribution is -2.13. The van der Waals surface area contributed by atoms with Gasteiger partial charge in [0.05, 0.1) is 5.56 Å². The highest BCUT2D eigenvalue weighted by atomic mass is 35.5. The van der Waals surface area contributed by atoms with Crippen LogP contribution >= 0.6 is 11.6 Å². The van der Waals surface area contributed by atoms with Crippen LogP contribution in [0.5, 0.6) is 0 Å². The number of nitrogens with zero attached hydrogens (tertiary/aromatic N) is 1. The smallest absolute Gasteiger partial charge is 0.384 e. The van der Waals surface area contributed by atoms with E-state index in [4.69, 9.17) is 11.6 Å². The molecule has 1 aromatic heterocycles. The maximum atomic E-state index is 12.9. The molecule has 0 amide bonds. The Kier molecular flexibility index (Phi) is 4.01. The Morgan fingerprint density at radius 2 is 1.90 bits per heavy atom. The molecule has 0 aliphatic carbocycles. The quantitative estimate of drug-likeness (QED) is 0.904. The average molecular weight is 302 g/mol. The number of aliphatic hydroxyl groups excluding tert-OH is 1. The summed E-state index contributed by atoms with van der Waals surface area (Å²) in [7, 11) is 0. The van der Waals surface area contributed by atoms with Gasteiger partial charge in [-0.1, -0.05) is 23.7 Å². The highest BCUT2D eigenvalue weighted by molar-refractivity contribution is 6.31. The van der Waals surface area contributed by atoms with E-state index in [1.165, 1.54) is 0 Å². The standard InChI is InChI=1S/C14H11ClF3NO/c1-8-9(3-2-4-12(8)15)13(20)10-7-19-6-5-11(10)14(16,17)18/h2-7,13,20H,1H3. The summed E-state index contributed by atoms with van der Waals surface area (Å²) in [6.07, 6.45) is -3.91. The van der Waals surface area contributed by atoms with Crippen molar-refractivity contribution in [1.82, 2.24) is 4.98 Å². The molecule has 0 fully saturated rings. The van der Waals surface area contributed by atoms with Gasteiger partial charge in [0, 0.05) is 23.0 Å². The van der Waals surface area contributed by atoms with Crippen LogP contribution in [0.1, 0.15) is 28.4 Å². The van der Waals surface area contributed by atoms with Gasteiger partial charge in [0.1, 0.15) is 6.10 Å². The summed E-state index contributed by atoms with van der Waals surface area (Å²) in [5, 5.41) is 10.6. The number of aliphatic hydroxyl groups is 1. The Hall–Kier alpha value is -1.59. The summed E-state index contributed by atoms with van der Waals surface area (Å²) in [6, 6.07) is 5.58. The Labute approximate surface area is 118 Å². The molecule has 6 heteroatoms. The molecule has 1 heterocycles. The van der Waals surface area contributed by atoms with E-state index in [0.29, 0.717) is 16.1 Å². The Morgan fingerprint density at radius 3 is 2.55 bits per heavy atom. The van der Waals surface area contributed by atoms with Crippen LogP contribution in [0.2, 0.25) is 5.02 Å². The van der Waals surface area contributed by atoms with Gasteiger partial charge in [-0.3, -0.25) is 4.98 Å². The number of halogens is 4. The van der Waals surface area contributed by atoms with Crippen molar-refractivity contribution in [3.63, 3.8) is 0 Å². The molecule has 1 atom stereocenters. The zero-order valence-corrected chi connectivity index (χ0v) is 11.2. The molecule has 0 spiro atoms. The maximum absolute atomic E-state index is 12.9. The molecule has 20 heavy (non-hydrogen) atoms. The molecule has 1 aromatic carbocycles. The molecule has 0 saturated heterocycles. The fourth-order valence-electron chi connectivity index (χ4n) is 1.97. The zero-order chi connectivity index (χ0) is 14.9. The minimum Gasteiger partial charge on any atom is -0.384 e. The molecule has 2 nitrogen and oxygen atoms in total. The predicted molar refractivity (Wildman–Crippen MR) is 69.5 cm³/mol. The Bertz CT molecular complexity index is 628. The van der Waals surface area contributed by atoms with Crippen LogP contribution in [-0.4, -0.2) is 10.1 Å². The van der Waals surface area contributed by atoms with Gasteiger partial charge in [0.15, 0.2) is 0 Å². The molecular weight excluding hydrogens is 291 g/mol. The van der Waals surface area contributed by atoms with Crippen molar-refractivity contribution in [2.45, 2.75) is 19.2 Å². The van der Waals surface area contributed by atoms with Gasteiger partial charge in [-0.25, -0.2) is 0 Å². The third-order valence-electron chi connectivity index (χ3n) is 3.06. The molecule has 0 aliphatic heterocycles. The lowest BCUT2D eigenvalue weighted by molar-refractivity contribution is -0.139. The lowest BCUT2D eigenvalue weighted by Gasteiger charge is -2.19. The molecule has 0 bridgehead atoms. The fourth-order valence-corrected chi connectivity index (χ4v) is 2.15. The predicted octanol–water partition coefficient (Wildman–Crippen LogP) is 4.14. The van der Waals surface area contributed by atoms with Crippen LogP contribution in [0, 0.1) is 6.92 Å². The van der Waals surface area contributed by atoms with Crippen LogP contribution in [0.15, 0.2) is 36.7 Å². The molecule has 2 aromatic rings. The molecule has 106 valence electrons. The lowest BCUT2D eigenvalue weighted by atomic mass is 9.95. The van der Waals surface area contributed by atoms with Crippen molar-refractivity contribution in [3.05, 3.63) is 63.9 Å². The van der Waals surface area contributed by atoms with Crippen LogP contribution in [-0.2, 0) is 6.18 Å². The van der Waals surface area contributed by atoms with E-state index in [-0.39, 0.29) is 5.56 Å². The first-order valence-corrected chi connectivity index (χ1v) is 6.14. The fraction of sp³-hybridized carbons (Fsp3) is 0.214. The number of alkyl halides is 3. The molecule has 0 aliphatic rings. The Morgan fingerprint density at radius 1 is 1.20 bits per heavy atom. The molecule has 1 unspecified atom stereocenters. The van der Waals surface area contributed by atoms with Gasteiger partial charge >= 0.3 is 6.18 Å². The largest absolute Gasteiger partial charge is 0.416 e. The van der Waals surface area contributed by atoms with Gasteiger partial charge in [-0.15, -0.1) is 0 Å². The summed E-state index contributed by atoms with van der Waals surface area (Å²) in [5.41, 5.74) is -0.320. The highest BCUT2D eigenvalue weighted by Gasteiger charge is 2.35. The van der Waals surface area contributed by atoms with Crippen molar-refractivity contribution in [3.8, 4) is 0 Å². The van der Waals surface area contributed by atoms with Crippen molar-refractivity contribution >= 4 is 11.6 Å². The summed E-state index contributed by atoms with van der Waals surface area (Å²) in [6.45, 7) is 1.64. The summed E-state index contributed by atoms with van der Waals surface area (Å²) < 4.78 is 38.8. The highest BCUT2D eigenvalue weighted by Crippen LogP contribution is 2.37. The zero-order valence-electron chi connectivity index (χ0n) is 10.4. The van der Waals surface area contributed by atoms with Crippen LogP contribution in [0.25, 0.3) is 0 Å². The third-order valence-corrected chi connectivity index (χ3v) is 3.47. The monoisotopic (exact) mass is 301 g/mol. The van der Waals surface area contributed by atoms with Gasteiger partial charge in [0.25, 0.3) is 0 Å². The molecule has 1 N–H and O–H groups in total. The molecular formula is C14H11ClF3NO. The molecule has 2 rings (SSSR count). The summed E-state index contributed by atoms with van der Waals surface area (Å²) in [5.74, 6) is 0. The van der Waals surface area contributed by atoms with Crippen molar-refractivity contribution in [1.29, 1.82) is 0 Å². The minimum atomic E-state index is -4.55. The summed E-state index contributed by atoms with van der Waals surface area (Å²) in [4.78, 5) is 3.66. The first-order valence-electron chi connectivity index (χ1n) is 5.76. The number of hydrogen-bond acceptors (Lipinski definition) is 2. The number of pyridine rings is 1. The first-order chi connectivity index (χ1) is 9.32. The van der Waals surface area contributed by atoms with Crippen LogP contribution in [0.4, 0.5) is 13.2 Å².